The normalized spacial score (nSPS) is 20.9. The molecular formula is C60H63F3N12O6S. The molecule has 5 N–H and O–H groups in total. The summed E-state index contributed by atoms with van der Waals surface area (Å²) in [7, 11) is 0. The van der Waals surface area contributed by atoms with Crippen LogP contribution in [0.5, 0.6) is 11.8 Å². The number of aliphatic hydroxyl groups is 2. The first-order chi connectivity index (χ1) is 39.6. The van der Waals surface area contributed by atoms with E-state index in [1.165, 1.54) is 27.0 Å². The first kappa shape index (κ1) is 53.8. The number of aromatic amines is 1. The van der Waals surface area contributed by atoms with Crippen molar-refractivity contribution < 1.29 is 42.4 Å². The van der Waals surface area contributed by atoms with E-state index in [1.54, 1.807) is 24.8 Å². The number of halogens is 3. The Hall–Kier alpha value is -7.53. The summed E-state index contributed by atoms with van der Waals surface area (Å²) in [6, 6.07) is 16.4. The summed E-state index contributed by atoms with van der Waals surface area (Å²) >= 11 is 1.53. The lowest BCUT2D eigenvalue weighted by molar-refractivity contribution is -0.142. The van der Waals surface area contributed by atoms with E-state index in [4.69, 9.17) is 19.4 Å². The van der Waals surface area contributed by atoms with Crippen molar-refractivity contribution in [2.24, 2.45) is 11.3 Å². The van der Waals surface area contributed by atoms with Crippen LogP contribution in [0.4, 0.5) is 19.0 Å². The summed E-state index contributed by atoms with van der Waals surface area (Å²) in [5.41, 5.74) is 8.71. The average Bonchev–Trinajstić information content (AvgIpc) is 3.38. The van der Waals surface area contributed by atoms with Crippen LogP contribution in [0.15, 0.2) is 78.6 Å². The van der Waals surface area contributed by atoms with Crippen molar-refractivity contribution in [1.29, 1.82) is 0 Å². The molecule has 4 aromatic heterocycles. The third-order valence-corrected chi connectivity index (χ3v) is 18.3. The van der Waals surface area contributed by atoms with Crippen LogP contribution in [0.2, 0.25) is 0 Å². The predicted octanol–water partition coefficient (Wildman–Crippen LogP) is 8.75. The summed E-state index contributed by atoms with van der Waals surface area (Å²) in [5, 5.41) is 45.5. The highest BCUT2D eigenvalue weighted by Gasteiger charge is 2.52. The summed E-state index contributed by atoms with van der Waals surface area (Å²) in [4.78, 5) is 47.7. The Kier molecular flexibility index (Phi) is 14.0. The molecule has 4 aromatic carbocycles. The van der Waals surface area contributed by atoms with E-state index in [0.717, 1.165) is 58.5 Å². The Labute approximate surface area is 474 Å². The highest BCUT2D eigenvalue weighted by Crippen LogP contribution is 2.54. The number of rotatable bonds is 19. The Morgan fingerprint density at radius 2 is 1.74 bits per heavy atom. The lowest BCUT2D eigenvalue weighted by atomic mass is 9.88. The minimum absolute atomic E-state index is 0.0245. The van der Waals surface area contributed by atoms with Crippen molar-refractivity contribution in [2.75, 3.05) is 37.7 Å². The molecular weight excluding hydrogens is 1070 g/mol. The Balaban J connectivity index is 0.787. The number of anilines is 1. The second-order valence-electron chi connectivity index (χ2n) is 23.2. The molecule has 0 spiro atoms. The van der Waals surface area contributed by atoms with Gasteiger partial charge in [-0.3, -0.25) is 14.7 Å². The van der Waals surface area contributed by atoms with Crippen molar-refractivity contribution in [3.8, 4) is 44.6 Å². The van der Waals surface area contributed by atoms with E-state index in [0.29, 0.717) is 80.9 Å². The number of fused-ring (bicyclic) bond motifs is 4. The minimum atomic E-state index is -2.55. The Morgan fingerprint density at radius 3 is 2.41 bits per heavy atom. The molecule has 22 heteroatoms. The van der Waals surface area contributed by atoms with Crippen LogP contribution in [-0.2, 0) is 16.2 Å². The highest BCUT2D eigenvalue weighted by molar-refractivity contribution is 7.13. The monoisotopic (exact) mass is 1140 g/mol. The van der Waals surface area contributed by atoms with Crippen LogP contribution in [-0.4, -0.2) is 131 Å². The molecule has 18 nitrogen and oxygen atoms in total. The number of benzene rings is 4. The molecule has 2 amide bonds. The first-order valence-electron chi connectivity index (χ1n) is 28.1. The van der Waals surface area contributed by atoms with Gasteiger partial charge in [0.2, 0.25) is 18.2 Å². The van der Waals surface area contributed by atoms with E-state index in [1.807, 2.05) is 69.3 Å². The number of carbonyl (C=O) groups is 2. The fraction of sp³-hybridized carbons (Fsp3) is 0.433. The number of β-amino-alcohol motifs (C(OH)–C–C–N with tert-alkyl or cyclic N) is 1. The molecule has 6 atom stereocenters. The topological polar surface area (TPSA) is 222 Å². The number of H-pyrrole nitrogens is 1. The van der Waals surface area contributed by atoms with Gasteiger partial charge in [-0.15, -0.1) is 16.4 Å². The van der Waals surface area contributed by atoms with Crippen molar-refractivity contribution in [2.45, 2.75) is 121 Å². The second kappa shape index (κ2) is 21.3. The largest absolute Gasteiger partial charge is 0.486 e. The van der Waals surface area contributed by atoms with Gasteiger partial charge in [0.1, 0.15) is 48.1 Å². The molecule has 82 heavy (non-hydrogen) atoms. The van der Waals surface area contributed by atoms with E-state index in [2.05, 4.69) is 47.1 Å². The van der Waals surface area contributed by atoms with Crippen LogP contribution in [0.1, 0.15) is 98.3 Å². The maximum absolute atomic E-state index is 16.1. The van der Waals surface area contributed by atoms with Gasteiger partial charge in [-0.05, 0) is 97.7 Å². The molecule has 7 heterocycles. The number of nitrogens with zero attached hydrogens (tertiary/aromatic N) is 9. The van der Waals surface area contributed by atoms with Gasteiger partial charge in [-0.1, -0.05) is 67.6 Å². The van der Waals surface area contributed by atoms with Crippen LogP contribution < -0.4 is 25.0 Å². The van der Waals surface area contributed by atoms with E-state index in [9.17, 15) is 28.6 Å². The molecule has 0 radical (unpaired) electrons. The standard InChI is InChI=1S/C60H63F3N12O6S/c1-30(2)52(57(79)74-24-40(77)18-48(74)56(78)67-47(26-76)36-11-13-37(14-12-36)54-32(4)65-29-82-54)75-25-46(71-72-75)35-7-5-33(6-8-35)27-80-53-50(49-31(3)44(61)20-45-43(49)22-66-70-45)41(34-9-10-34)19-42-51(53)68-59(81-28-60(15-16-60)58(62)63)69-55(42)73-23-38-17-39(73)21-64-38/h5-8,11-14,19-20,22,25,29-30,34,38-40,47-48,52,58,64,76-77H,9-10,15-18,21,23-24,26-28H2,1-4H3,(H,66,70)(H,67,78)/t38-,39-,40+,47-,48-,52-/m0/s1. The second-order valence-corrected chi connectivity index (χ2v) is 24.1. The van der Waals surface area contributed by atoms with Crippen molar-refractivity contribution in [1.82, 2.24) is 55.7 Å². The zero-order valence-electron chi connectivity index (χ0n) is 45.8. The Morgan fingerprint density at radius 1 is 0.963 bits per heavy atom. The maximum atomic E-state index is 16.1. The molecule has 13 rings (SSSR count). The van der Waals surface area contributed by atoms with Gasteiger partial charge in [0.05, 0.1) is 58.2 Å². The number of hydrogen-bond donors (Lipinski definition) is 5. The van der Waals surface area contributed by atoms with Crippen molar-refractivity contribution in [3.05, 3.63) is 112 Å². The molecule has 5 fully saturated rings. The minimum Gasteiger partial charge on any atom is -0.486 e. The Bertz CT molecular complexity index is 3730. The lowest BCUT2D eigenvalue weighted by Gasteiger charge is -2.30. The molecule has 0 unspecified atom stereocenters. The number of thiazole rings is 1. The fourth-order valence-electron chi connectivity index (χ4n) is 12.3. The van der Waals surface area contributed by atoms with E-state index < -0.39 is 53.7 Å². The smallest absolute Gasteiger partial charge is 0.319 e. The van der Waals surface area contributed by atoms with Gasteiger partial charge in [-0.2, -0.15) is 15.1 Å². The summed E-state index contributed by atoms with van der Waals surface area (Å²) in [5.74, 6) is -0.422. The number of aliphatic hydroxyl groups excluding tert-OH is 2. The van der Waals surface area contributed by atoms with E-state index in [-0.39, 0.29) is 62.7 Å². The number of alkyl halides is 2. The molecule has 2 saturated carbocycles. The molecule has 426 valence electrons. The maximum Gasteiger partial charge on any atom is 0.319 e. The number of amides is 2. The number of piperazine rings is 1. The molecule has 8 aromatic rings. The third kappa shape index (κ3) is 9.89. The number of likely N-dealkylation sites (tertiary alicyclic amines) is 1. The molecule has 2 bridgehead atoms. The predicted molar refractivity (Wildman–Crippen MR) is 302 cm³/mol. The molecule has 3 aliphatic heterocycles. The summed E-state index contributed by atoms with van der Waals surface area (Å²) < 4.78 is 59.5. The number of ether oxygens (including phenoxy) is 2. The van der Waals surface area contributed by atoms with Crippen molar-refractivity contribution in [3.63, 3.8) is 0 Å². The molecule has 3 saturated heterocycles. The number of aryl methyl sites for hydroxylation is 1. The zero-order valence-corrected chi connectivity index (χ0v) is 46.6. The summed E-state index contributed by atoms with van der Waals surface area (Å²) in [6.07, 6.45) is 3.37. The van der Waals surface area contributed by atoms with Gasteiger partial charge in [-0.25, -0.2) is 22.8 Å². The number of hydrogen-bond acceptors (Lipinski definition) is 15. The van der Waals surface area contributed by atoms with Gasteiger partial charge < -0.3 is 40.1 Å². The number of aromatic nitrogens is 8. The molecule has 2 aliphatic carbocycles. The number of carbonyl (C=O) groups excluding carboxylic acids is 2. The lowest BCUT2D eigenvalue weighted by Crippen LogP contribution is -2.50. The van der Waals surface area contributed by atoms with E-state index >= 15 is 4.39 Å². The van der Waals surface area contributed by atoms with Gasteiger partial charge in [0.15, 0.2) is 5.75 Å². The van der Waals surface area contributed by atoms with Gasteiger partial charge in [0, 0.05) is 65.6 Å². The van der Waals surface area contributed by atoms with Crippen molar-refractivity contribution >= 4 is 50.8 Å². The fourth-order valence-corrected chi connectivity index (χ4v) is 13.1. The van der Waals surface area contributed by atoms with Crippen LogP contribution >= 0.6 is 11.3 Å². The SMILES string of the molecule is Cc1ncsc1-c1ccc([C@H](CO)NC(=O)[C@@H]2C[C@@H](O)CN2C(=O)[C@H](C(C)C)n2cc(-c3ccc(COc4c(-c5c(C)c(F)cc6[nH]ncc56)c(C5CC5)cc5c(N6C[C@@H]7C[C@H]6CN7)nc(OCC6(C(F)F)CC6)nc45)cc3)nn2)cc1. The van der Waals surface area contributed by atoms with Gasteiger partial charge >= 0.3 is 6.01 Å². The molecule has 5 aliphatic rings. The number of nitrogens with one attached hydrogen (secondary N) is 3. The van der Waals surface area contributed by atoms with Gasteiger partial charge in [0.25, 0.3) is 0 Å². The quantitative estimate of drug-likeness (QED) is 0.0511. The summed E-state index contributed by atoms with van der Waals surface area (Å²) in [6.45, 7) is 8.29. The van der Waals surface area contributed by atoms with Crippen LogP contribution in [0.25, 0.3) is 54.6 Å². The average molecular weight is 1140 g/mol. The first-order valence-corrected chi connectivity index (χ1v) is 29.0. The van der Waals surface area contributed by atoms with Crippen LogP contribution in [0, 0.1) is 31.0 Å². The zero-order chi connectivity index (χ0) is 56.7. The highest BCUT2D eigenvalue weighted by atomic mass is 32.1. The van der Waals surface area contributed by atoms with Crippen LogP contribution in [0.3, 0.4) is 0 Å². The third-order valence-electron chi connectivity index (χ3n) is 17.3.